The molecule has 1 aromatic heterocycles. The number of carbonyl (C=O) groups excluding carboxylic acids is 1. The smallest absolute Gasteiger partial charge is 0.319 e. The van der Waals surface area contributed by atoms with Gasteiger partial charge in [-0.25, -0.2) is 4.79 Å². The van der Waals surface area contributed by atoms with Crippen LogP contribution in [0.1, 0.15) is 6.42 Å². The van der Waals surface area contributed by atoms with Crippen LogP contribution in [0.4, 0.5) is 10.5 Å². The molecular formula is C17H20N4O2. The zero-order valence-electron chi connectivity index (χ0n) is 12.9. The van der Waals surface area contributed by atoms with Gasteiger partial charge in [0.05, 0.1) is 5.69 Å². The van der Waals surface area contributed by atoms with Crippen LogP contribution in [0, 0.1) is 5.92 Å². The number of urea groups is 1. The number of carbonyl (C=O) groups is 1. The molecule has 6 heteroatoms. The Hall–Kier alpha value is -2.60. The van der Waals surface area contributed by atoms with Gasteiger partial charge in [0.25, 0.3) is 0 Å². The first-order valence-electron chi connectivity index (χ1n) is 7.61. The second kappa shape index (κ2) is 6.66. The Labute approximate surface area is 134 Å². The largest absolute Gasteiger partial charge is 0.396 e. The molecule has 0 fully saturated rings. The Morgan fingerprint density at radius 3 is 2.83 bits per heavy atom. The van der Waals surface area contributed by atoms with Gasteiger partial charge in [-0.2, -0.15) is 5.10 Å². The number of anilines is 1. The Kier molecular flexibility index (Phi) is 4.43. The molecule has 0 saturated heterocycles. The first-order valence-corrected chi connectivity index (χ1v) is 7.61. The maximum Gasteiger partial charge on any atom is 0.319 e. The SMILES string of the molecule is Cn1cc(NC(=O)N[C@@H]2C=C[C@H](CO)C2)c(-c2ccccc2)n1. The van der Waals surface area contributed by atoms with E-state index < -0.39 is 0 Å². The van der Waals surface area contributed by atoms with Crippen molar-refractivity contribution in [1.82, 2.24) is 15.1 Å². The normalized spacial score (nSPS) is 19.7. The summed E-state index contributed by atoms with van der Waals surface area (Å²) in [5.74, 6) is 0.124. The summed E-state index contributed by atoms with van der Waals surface area (Å²) in [7, 11) is 1.82. The molecule has 2 atom stereocenters. The lowest BCUT2D eigenvalue weighted by Gasteiger charge is -2.13. The minimum Gasteiger partial charge on any atom is -0.396 e. The highest BCUT2D eigenvalue weighted by molar-refractivity contribution is 5.93. The second-order valence-corrected chi connectivity index (χ2v) is 5.70. The van der Waals surface area contributed by atoms with Crippen LogP contribution in [-0.4, -0.2) is 33.6 Å². The van der Waals surface area contributed by atoms with E-state index in [4.69, 9.17) is 5.11 Å². The summed E-state index contributed by atoms with van der Waals surface area (Å²) in [4.78, 5) is 12.2. The lowest BCUT2D eigenvalue weighted by molar-refractivity contribution is 0.238. The fourth-order valence-corrected chi connectivity index (χ4v) is 2.73. The number of aromatic nitrogens is 2. The second-order valence-electron chi connectivity index (χ2n) is 5.70. The van der Waals surface area contributed by atoms with Gasteiger partial charge in [-0.3, -0.25) is 4.68 Å². The average Bonchev–Trinajstić information content (AvgIpc) is 3.14. The van der Waals surface area contributed by atoms with Crippen LogP contribution in [0.25, 0.3) is 11.3 Å². The number of aryl methyl sites for hydroxylation is 1. The fourth-order valence-electron chi connectivity index (χ4n) is 2.73. The predicted molar refractivity (Wildman–Crippen MR) is 88.9 cm³/mol. The van der Waals surface area contributed by atoms with Crippen LogP contribution in [-0.2, 0) is 7.05 Å². The molecule has 0 radical (unpaired) electrons. The molecule has 1 aromatic carbocycles. The van der Waals surface area contributed by atoms with Crippen molar-refractivity contribution in [2.75, 3.05) is 11.9 Å². The number of hydrogen-bond donors (Lipinski definition) is 3. The third-order valence-corrected chi connectivity index (χ3v) is 3.85. The van der Waals surface area contributed by atoms with E-state index >= 15 is 0 Å². The van der Waals surface area contributed by atoms with Crippen molar-refractivity contribution < 1.29 is 9.90 Å². The minimum atomic E-state index is -0.275. The summed E-state index contributed by atoms with van der Waals surface area (Å²) in [6, 6.07) is 9.40. The predicted octanol–water partition coefficient (Wildman–Crippen LogP) is 2.15. The number of hydrogen-bond acceptors (Lipinski definition) is 3. The topological polar surface area (TPSA) is 79.2 Å². The van der Waals surface area contributed by atoms with E-state index in [2.05, 4.69) is 15.7 Å². The molecule has 3 N–H and O–H groups in total. The Balaban J connectivity index is 1.69. The standard InChI is InChI=1S/C17H20N4O2/c1-21-10-15(16(20-21)13-5-3-2-4-6-13)19-17(23)18-14-8-7-12(9-14)11-22/h2-8,10,12,14,22H,9,11H2,1H3,(H2,18,19,23)/t12-,14+/m0/s1. The van der Waals surface area contributed by atoms with Crippen LogP contribution < -0.4 is 10.6 Å². The number of rotatable bonds is 4. The Morgan fingerprint density at radius 2 is 2.13 bits per heavy atom. The van der Waals surface area contributed by atoms with Crippen LogP contribution >= 0.6 is 0 Å². The number of amides is 2. The number of nitrogens with one attached hydrogen (secondary N) is 2. The first-order chi connectivity index (χ1) is 11.2. The van der Waals surface area contributed by atoms with E-state index in [1.807, 2.05) is 49.5 Å². The van der Waals surface area contributed by atoms with Gasteiger partial charge in [0, 0.05) is 37.4 Å². The third-order valence-electron chi connectivity index (χ3n) is 3.85. The Morgan fingerprint density at radius 1 is 1.35 bits per heavy atom. The molecule has 6 nitrogen and oxygen atoms in total. The molecule has 1 aliphatic rings. The van der Waals surface area contributed by atoms with Crippen LogP contribution in [0.15, 0.2) is 48.7 Å². The molecule has 0 bridgehead atoms. The number of nitrogens with zero attached hydrogens (tertiary/aromatic N) is 2. The van der Waals surface area contributed by atoms with Gasteiger partial charge < -0.3 is 15.7 Å². The van der Waals surface area contributed by atoms with Gasteiger partial charge in [-0.1, -0.05) is 42.5 Å². The Bertz CT molecular complexity index is 709. The van der Waals surface area contributed by atoms with Crippen molar-refractivity contribution in [2.45, 2.75) is 12.5 Å². The van der Waals surface area contributed by atoms with Gasteiger partial charge >= 0.3 is 6.03 Å². The maximum absolute atomic E-state index is 12.2. The maximum atomic E-state index is 12.2. The summed E-state index contributed by atoms with van der Waals surface area (Å²) in [6.07, 6.45) is 6.36. The molecule has 3 rings (SSSR count). The summed E-state index contributed by atoms with van der Waals surface area (Å²) in [6.45, 7) is 0.108. The summed E-state index contributed by atoms with van der Waals surface area (Å²) < 4.78 is 1.68. The molecular weight excluding hydrogens is 292 g/mol. The van der Waals surface area contributed by atoms with Crippen LogP contribution in [0.5, 0.6) is 0 Å². The monoisotopic (exact) mass is 312 g/mol. The van der Waals surface area contributed by atoms with Crippen molar-refractivity contribution in [2.24, 2.45) is 13.0 Å². The van der Waals surface area contributed by atoms with Crippen molar-refractivity contribution in [3.63, 3.8) is 0 Å². The quantitative estimate of drug-likeness (QED) is 0.757. The zero-order chi connectivity index (χ0) is 16.2. The number of benzene rings is 1. The van der Waals surface area contributed by atoms with Gasteiger partial charge in [0.2, 0.25) is 0 Å². The number of aliphatic hydroxyl groups excluding tert-OH is 1. The van der Waals surface area contributed by atoms with E-state index in [-0.39, 0.29) is 24.6 Å². The van der Waals surface area contributed by atoms with Crippen molar-refractivity contribution in [3.05, 3.63) is 48.7 Å². The molecule has 2 aromatic rings. The summed E-state index contributed by atoms with van der Waals surface area (Å²) in [5.41, 5.74) is 2.35. The highest BCUT2D eigenvalue weighted by atomic mass is 16.3. The third kappa shape index (κ3) is 3.60. The molecule has 120 valence electrons. The number of aliphatic hydroxyl groups is 1. The minimum absolute atomic E-state index is 0.0519. The van der Waals surface area contributed by atoms with Gasteiger partial charge in [0.15, 0.2) is 0 Å². The van der Waals surface area contributed by atoms with E-state index in [1.54, 1.807) is 10.9 Å². The molecule has 0 aliphatic heterocycles. The lowest BCUT2D eigenvalue weighted by Crippen LogP contribution is -2.36. The summed E-state index contributed by atoms with van der Waals surface area (Å²) >= 11 is 0. The fraction of sp³-hybridized carbons (Fsp3) is 0.294. The van der Waals surface area contributed by atoms with Crippen molar-refractivity contribution in [3.8, 4) is 11.3 Å². The van der Waals surface area contributed by atoms with Crippen molar-refractivity contribution in [1.29, 1.82) is 0 Å². The molecule has 23 heavy (non-hydrogen) atoms. The molecule has 0 spiro atoms. The molecule has 1 heterocycles. The van der Waals surface area contributed by atoms with Crippen molar-refractivity contribution >= 4 is 11.7 Å². The highest BCUT2D eigenvalue weighted by Gasteiger charge is 2.20. The van der Waals surface area contributed by atoms with E-state index in [0.29, 0.717) is 5.69 Å². The molecule has 1 aliphatic carbocycles. The summed E-state index contributed by atoms with van der Waals surface area (Å²) in [5, 5.41) is 19.3. The van der Waals surface area contributed by atoms with Crippen LogP contribution in [0.2, 0.25) is 0 Å². The first kappa shape index (κ1) is 15.3. The van der Waals surface area contributed by atoms with E-state index in [1.165, 1.54) is 0 Å². The lowest BCUT2D eigenvalue weighted by atomic mass is 10.1. The van der Waals surface area contributed by atoms with E-state index in [9.17, 15) is 4.79 Å². The van der Waals surface area contributed by atoms with E-state index in [0.717, 1.165) is 17.7 Å². The molecule has 0 saturated carbocycles. The van der Waals surface area contributed by atoms with Gasteiger partial charge in [0.1, 0.15) is 5.69 Å². The molecule has 2 amide bonds. The van der Waals surface area contributed by atoms with Gasteiger partial charge in [-0.15, -0.1) is 0 Å². The van der Waals surface area contributed by atoms with Crippen LogP contribution in [0.3, 0.4) is 0 Å². The molecule has 0 unspecified atom stereocenters. The average molecular weight is 312 g/mol. The zero-order valence-corrected chi connectivity index (χ0v) is 12.9. The highest BCUT2D eigenvalue weighted by Crippen LogP contribution is 2.26. The van der Waals surface area contributed by atoms with Gasteiger partial charge in [-0.05, 0) is 6.42 Å².